The zero-order chi connectivity index (χ0) is 14.2. The molecule has 21 heavy (non-hydrogen) atoms. The van der Waals surface area contributed by atoms with E-state index in [1.165, 1.54) is 16.7 Å². The fraction of sp³-hybridized carbons (Fsp3) is 0.529. The smallest absolute Gasteiger partial charge is 0.123 e. The second kappa shape index (κ2) is 5.44. The summed E-state index contributed by atoms with van der Waals surface area (Å²) in [5.74, 6) is 1.00. The molecule has 0 saturated carbocycles. The fourth-order valence-electron chi connectivity index (χ4n) is 3.55. The number of fused-ring (bicyclic) bond motifs is 2. The van der Waals surface area contributed by atoms with Crippen LogP contribution in [0.2, 0.25) is 0 Å². The Morgan fingerprint density at radius 1 is 1.38 bits per heavy atom. The van der Waals surface area contributed by atoms with Crippen molar-refractivity contribution in [2.75, 3.05) is 32.8 Å². The van der Waals surface area contributed by atoms with Crippen LogP contribution >= 0.6 is 0 Å². The van der Waals surface area contributed by atoms with Crippen LogP contribution in [0.4, 0.5) is 0 Å². The maximum Gasteiger partial charge on any atom is 0.123 e. The van der Waals surface area contributed by atoms with Gasteiger partial charge in [-0.05, 0) is 24.6 Å². The van der Waals surface area contributed by atoms with Gasteiger partial charge in [0.2, 0.25) is 0 Å². The Hall–Kier alpha value is -1.36. The Morgan fingerprint density at radius 2 is 2.33 bits per heavy atom. The summed E-state index contributed by atoms with van der Waals surface area (Å²) in [4.78, 5) is 2.56. The fourth-order valence-corrected chi connectivity index (χ4v) is 3.55. The first-order chi connectivity index (χ1) is 10.3. The minimum atomic E-state index is 0.194. The summed E-state index contributed by atoms with van der Waals surface area (Å²) in [6, 6.07) is 7.19. The van der Waals surface area contributed by atoms with E-state index in [4.69, 9.17) is 9.47 Å². The van der Waals surface area contributed by atoms with Crippen molar-refractivity contribution in [2.45, 2.75) is 25.7 Å². The summed E-state index contributed by atoms with van der Waals surface area (Å²) >= 11 is 0. The molecule has 3 aliphatic heterocycles. The SMILES string of the molecule is C/C=C1/OCc2cc(C3CN4CCNCC4CO3)ccc21. The normalized spacial score (nSPS) is 30.8. The maximum atomic E-state index is 6.11. The Kier molecular flexibility index (Phi) is 3.45. The van der Waals surface area contributed by atoms with Gasteiger partial charge in [0.25, 0.3) is 0 Å². The summed E-state index contributed by atoms with van der Waals surface area (Å²) in [6.07, 6.45) is 2.23. The van der Waals surface area contributed by atoms with E-state index in [9.17, 15) is 0 Å². The van der Waals surface area contributed by atoms with Crippen molar-refractivity contribution in [1.29, 1.82) is 0 Å². The summed E-state index contributed by atoms with van der Waals surface area (Å²) in [6.45, 7) is 7.80. The second-order valence-corrected chi connectivity index (χ2v) is 6.03. The molecule has 0 radical (unpaired) electrons. The molecular formula is C17H22N2O2. The van der Waals surface area contributed by atoms with Crippen LogP contribution in [0.25, 0.3) is 5.76 Å². The highest BCUT2D eigenvalue weighted by Crippen LogP contribution is 2.33. The van der Waals surface area contributed by atoms with Gasteiger partial charge in [-0.2, -0.15) is 0 Å². The molecule has 0 aromatic heterocycles. The standard InChI is InChI=1S/C17H22N2O2/c1-2-16-15-4-3-12(7-13(15)10-20-16)17-9-19-6-5-18-8-14(19)11-21-17/h2-4,7,14,17-18H,5-6,8-11H2,1H3/b16-2+. The van der Waals surface area contributed by atoms with Gasteiger partial charge in [-0.3, -0.25) is 4.90 Å². The third-order valence-corrected chi connectivity index (χ3v) is 4.77. The van der Waals surface area contributed by atoms with Crippen LogP contribution in [0.5, 0.6) is 0 Å². The minimum Gasteiger partial charge on any atom is -0.489 e. The summed E-state index contributed by atoms with van der Waals surface area (Å²) < 4.78 is 11.8. The van der Waals surface area contributed by atoms with Gasteiger partial charge >= 0.3 is 0 Å². The molecular weight excluding hydrogens is 264 g/mol. The van der Waals surface area contributed by atoms with E-state index in [1.54, 1.807) is 0 Å². The van der Waals surface area contributed by atoms with Crippen LogP contribution in [0, 0.1) is 0 Å². The zero-order valence-corrected chi connectivity index (χ0v) is 12.5. The first-order valence-electron chi connectivity index (χ1n) is 7.84. The van der Waals surface area contributed by atoms with E-state index in [0.717, 1.165) is 38.5 Å². The third-order valence-electron chi connectivity index (χ3n) is 4.77. The molecule has 4 nitrogen and oxygen atoms in total. The molecule has 3 aliphatic rings. The highest BCUT2D eigenvalue weighted by molar-refractivity contribution is 5.66. The number of hydrogen-bond donors (Lipinski definition) is 1. The minimum absolute atomic E-state index is 0.194. The van der Waals surface area contributed by atoms with Crippen molar-refractivity contribution in [3.63, 3.8) is 0 Å². The number of rotatable bonds is 1. The summed E-state index contributed by atoms with van der Waals surface area (Å²) in [5, 5.41) is 3.44. The van der Waals surface area contributed by atoms with Gasteiger partial charge in [0.05, 0.1) is 12.7 Å². The highest BCUT2D eigenvalue weighted by Gasteiger charge is 2.31. The quantitative estimate of drug-likeness (QED) is 0.855. The molecule has 1 N–H and O–H groups in total. The molecule has 0 spiro atoms. The van der Waals surface area contributed by atoms with Crippen molar-refractivity contribution in [3.05, 3.63) is 41.0 Å². The number of benzene rings is 1. The lowest BCUT2D eigenvalue weighted by molar-refractivity contribution is -0.0718. The van der Waals surface area contributed by atoms with Crippen LogP contribution < -0.4 is 5.32 Å². The van der Waals surface area contributed by atoms with Gasteiger partial charge in [0.15, 0.2) is 0 Å². The van der Waals surface area contributed by atoms with E-state index >= 15 is 0 Å². The maximum absolute atomic E-state index is 6.11. The van der Waals surface area contributed by atoms with Crippen molar-refractivity contribution in [3.8, 4) is 0 Å². The molecule has 112 valence electrons. The number of allylic oxidation sites excluding steroid dienone is 1. The molecule has 0 bridgehead atoms. The van der Waals surface area contributed by atoms with Gasteiger partial charge < -0.3 is 14.8 Å². The Morgan fingerprint density at radius 3 is 3.24 bits per heavy atom. The van der Waals surface area contributed by atoms with Crippen LogP contribution in [0.3, 0.4) is 0 Å². The number of ether oxygens (including phenoxy) is 2. The number of nitrogens with zero attached hydrogens (tertiary/aromatic N) is 1. The molecule has 1 aromatic carbocycles. The van der Waals surface area contributed by atoms with E-state index in [0.29, 0.717) is 12.6 Å². The Labute approximate surface area is 125 Å². The van der Waals surface area contributed by atoms with E-state index in [2.05, 4.69) is 28.4 Å². The van der Waals surface area contributed by atoms with Gasteiger partial charge in [-0.25, -0.2) is 0 Å². The summed E-state index contributed by atoms with van der Waals surface area (Å²) in [5.41, 5.74) is 3.80. The number of morpholine rings is 1. The molecule has 2 fully saturated rings. The van der Waals surface area contributed by atoms with Crippen molar-refractivity contribution in [2.24, 2.45) is 0 Å². The Bertz CT molecular complexity index is 570. The molecule has 2 atom stereocenters. The molecule has 0 aliphatic carbocycles. The molecule has 4 rings (SSSR count). The van der Waals surface area contributed by atoms with Gasteiger partial charge in [0, 0.05) is 43.3 Å². The van der Waals surface area contributed by atoms with E-state index < -0.39 is 0 Å². The Balaban J connectivity index is 1.55. The van der Waals surface area contributed by atoms with Gasteiger partial charge in [0.1, 0.15) is 12.4 Å². The number of piperazine rings is 1. The molecule has 1 aromatic rings. The predicted octanol–water partition coefficient (Wildman–Crippen LogP) is 1.92. The molecule has 3 heterocycles. The molecule has 2 saturated heterocycles. The zero-order valence-electron chi connectivity index (χ0n) is 12.5. The van der Waals surface area contributed by atoms with Crippen LogP contribution in [0.1, 0.15) is 29.7 Å². The van der Waals surface area contributed by atoms with E-state index in [-0.39, 0.29) is 6.10 Å². The van der Waals surface area contributed by atoms with Crippen LogP contribution in [-0.2, 0) is 16.1 Å². The lowest BCUT2D eigenvalue weighted by Crippen LogP contribution is -2.57. The lowest BCUT2D eigenvalue weighted by Gasteiger charge is -2.42. The lowest BCUT2D eigenvalue weighted by atomic mass is 9.99. The van der Waals surface area contributed by atoms with Crippen LogP contribution in [0.15, 0.2) is 24.3 Å². The number of nitrogens with one attached hydrogen (secondary N) is 1. The number of hydrogen-bond acceptors (Lipinski definition) is 4. The predicted molar refractivity (Wildman–Crippen MR) is 81.8 cm³/mol. The highest BCUT2D eigenvalue weighted by atomic mass is 16.5. The summed E-state index contributed by atoms with van der Waals surface area (Å²) in [7, 11) is 0. The van der Waals surface area contributed by atoms with Crippen molar-refractivity contribution >= 4 is 5.76 Å². The third kappa shape index (κ3) is 2.37. The van der Waals surface area contributed by atoms with Crippen molar-refractivity contribution in [1.82, 2.24) is 10.2 Å². The first-order valence-corrected chi connectivity index (χ1v) is 7.84. The molecule has 2 unspecified atom stereocenters. The van der Waals surface area contributed by atoms with E-state index in [1.807, 2.05) is 13.0 Å². The average Bonchev–Trinajstić information content (AvgIpc) is 2.96. The van der Waals surface area contributed by atoms with Crippen LogP contribution in [-0.4, -0.2) is 43.7 Å². The second-order valence-electron chi connectivity index (χ2n) is 6.03. The average molecular weight is 286 g/mol. The van der Waals surface area contributed by atoms with Crippen molar-refractivity contribution < 1.29 is 9.47 Å². The van der Waals surface area contributed by atoms with Gasteiger partial charge in [-0.15, -0.1) is 0 Å². The largest absolute Gasteiger partial charge is 0.489 e. The molecule has 4 heteroatoms. The first kappa shape index (κ1) is 13.3. The topological polar surface area (TPSA) is 33.7 Å². The van der Waals surface area contributed by atoms with Gasteiger partial charge in [-0.1, -0.05) is 12.1 Å². The molecule has 0 amide bonds. The monoisotopic (exact) mass is 286 g/mol.